The second kappa shape index (κ2) is 6.17. The van der Waals surface area contributed by atoms with E-state index in [-0.39, 0.29) is 5.75 Å². The van der Waals surface area contributed by atoms with Gasteiger partial charge >= 0.3 is 0 Å². The van der Waals surface area contributed by atoms with Gasteiger partial charge < -0.3 is 10.4 Å². The van der Waals surface area contributed by atoms with Gasteiger partial charge in [0.05, 0.1) is 0 Å². The zero-order valence-electron chi connectivity index (χ0n) is 10.1. The van der Waals surface area contributed by atoms with E-state index in [2.05, 4.69) is 17.4 Å². The Morgan fingerprint density at radius 3 is 2.50 bits per heavy atom. The maximum absolute atomic E-state index is 13.0. The molecule has 0 saturated carbocycles. The SMILES string of the molecule is Oc1cc(F)cc(CNCCc2ccccc2)c1. The van der Waals surface area contributed by atoms with Gasteiger partial charge in [-0.25, -0.2) is 4.39 Å². The molecule has 0 saturated heterocycles. The number of phenolic OH excluding ortho intramolecular Hbond substituents is 1. The van der Waals surface area contributed by atoms with E-state index in [1.807, 2.05) is 18.2 Å². The van der Waals surface area contributed by atoms with Gasteiger partial charge in [0.15, 0.2) is 0 Å². The molecule has 2 N–H and O–H groups in total. The largest absolute Gasteiger partial charge is 0.508 e. The van der Waals surface area contributed by atoms with Crippen molar-refractivity contribution in [2.24, 2.45) is 0 Å². The summed E-state index contributed by atoms with van der Waals surface area (Å²) in [5.74, 6) is -0.440. The molecule has 2 aromatic rings. The number of halogens is 1. The number of rotatable bonds is 5. The molecule has 2 aromatic carbocycles. The fourth-order valence-corrected chi connectivity index (χ4v) is 1.85. The number of nitrogens with one attached hydrogen (secondary N) is 1. The number of benzene rings is 2. The van der Waals surface area contributed by atoms with E-state index in [4.69, 9.17) is 0 Å². The molecular formula is C15H16FNO. The molecule has 3 heteroatoms. The van der Waals surface area contributed by atoms with Crippen molar-refractivity contribution in [2.75, 3.05) is 6.54 Å². The van der Waals surface area contributed by atoms with Gasteiger partial charge in [-0.05, 0) is 36.2 Å². The molecule has 18 heavy (non-hydrogen) atoms. The molecule has 0 aromatic heterocycles. The van der Waals surface area contributed by atoms with Crippen LogP contribution in [0.5, 0.6) is 5.75 Å². The molecule has 0 heterocycles. The van der Waals surface area contributed by atoms with E-state index in [0.29, 0.717) is 6.54 Å². The highest BCUT2D eigenvalue weighted by Crippen LogP contribution is 2.14. The van der Waals surface area contributed by atoms with Crippen molar-refractivity contribution in [1.29, 1.82) is 0 Å². The van der Waals surface area contributed by atoms with Crippen LogP contribution in [0.25, 0.3) is 0 Å². The highest BCUT2D eigenvalue weighted by Gasteiger charge is 1.99. The molecule has 0 aliphatic carbocycles. The minimum Gasteiger partial charge on any atom is -0.508 e. The molecule has 0 amide bonds. The molecule has 0 unspecified atom stereocenters. The second-order valence-electron chi connectivity index (χ2n) is 4.23. The first-order valence-electron chi connectivity index (χ1n) is 5.97. The molecule has 0 spiro atoms. The van der Waals surface area contributed by atoms with E-state index >= 15 is 0 Å². The summed E-state index contributed by atoms with van der Waals surface area (Å²) in [7, 11) is 0. The number of hydrogen-bond acceptors (Lipinski definition) is 2. The van der Waals surface area contributed by atoms with Gasteiger partial charge in [0.25, 0.3) is 0 Å². The Bertz CT molecular complexity index is 479. The summed E-state index contributed by atoms with van der Waals surface area (Å²) >= 11 is 0. The number of hydrogen-bond donors (Lipinski definition) is 2. The molecule has 0 bridgehead atoms. The first-order chi connectivity index (χ1) is 8.74. The third-order valence-corrected chi connectivity index (χ3v) is 2.70. The Morgan fingerprint density at radius 2 is 1.78 bits per heavy atom. The molecule has 0 atom stereocenters. The van der Waals surface area contributed by atoms with Gasteiger partial charge in [-0.3, -0.25) is 0 Å². The first-order valence-corrected chi connectivity index (χ1v) is 5.97. The average molecular weight is 245 g/mol. The third-order valence-electron chi connectivity index (χ3n) is 2.70. The van der Waals surface area contributed by atoms with Crippen LogP contribution in [0.3, 0.4) is 0 Å². The van der Waals surface area contributed by atoms with Crippen molar-refractivity contribution >= 4 is 0 Å². The summed E-state index contributed by atoms with van der Waals surface area (Å²) in [5, 5.41) is 12.5. The topological polar surface area (TPSA) is 32.3 Å². The first kappa shape index (κ1) is 12.6. The van der Waals surface area contributed by atoms with Gasteiger partial charge in [0, 0.05) is 12.6 Å². The van der Waals surface area contributed by atoms with Gasteiger partial charge in [0.2, 0.25) is 0 Å². The van der Waals surface area contributed by atoms with E-state index in [1.54, 1.807) is 6.07 Å². The van der Waals surface area contributed by atoms with Crippen LogP contribution in [-0.2, 0) is 13.0 Å². The molecule has 0 radical (unpaired) electrons. The Hall–Kier alpha value is -1.87. The molecule has 0 fully saturated rings. The zero-order chi connectivity index (χ0) is 12.8. The van der Waals surface area contributed by atoms with Crippen LogP contribution in [0.1, 0.15) is 11.1 Å². The zero-order valence-corrected chi connectivity index (χ0v) is 10.1. The quantitative estimate of drug-likeness (QED) is 0.794. The lowest BCUT2D eigenvalue weighted by molar-refractivity contribution is 0.467. The van der Waals surface area contributed by atoms with Crippen LogP contribution in [0.2, 0.25) is 0 Å². The molecule has 0 aliphatic heterocycles. The lowest BCUT2D eigenvalue weighted by Gasteiger charge is -2.06. The van der Waals surface area contributed by atoms with Crippen LogP contribution in [-0.4, -0.2) is 11.7 Å². The fourth-order valence-electron chi connectivity index (χ4n) is 1.85. The smallest absolute Gasteiger partial charge is 0.127 e. The predicted octanol–water partition coefficient (Wildman–Crippen LogP) is 2.86. The molecule has 2 nitrogen and oxygen atoms in total. The summed E-state index contributed by atoms with van der Waals surface area (Å²) in [6.07, 6.45) is 0.933. The van der Waals surface area contributed by atoms with E-state index < -0.39 is 5.82 Å². The van der Waals surface area contributed by atoms with Gasteiger partial charge in [-0.1, -0.05) is 30.3 Å². The van der Waals surface area contributed by atoms with Crippen molar-refractivity contribution in [1.82, 2.24) is 5.32 Å². The fraction of sp³-hybridized carbons (Fsp3) is 0.200. The van der Waals surface area contributed by atoms with Crippen LogP contribution in [0.15, 0.2) is 48.5 Å². The summed E-state index contributed by atoms with van der Waals surface area (Å²) in [5.41, 5.74) is 2.02. The van der Waals surface area contributed by atoms with Crippen molar-refractivity contribution in [3.05, 3.63) is 65.5 Å². The average Bonchev–Trinajstić information content (AvgIpc) is 2.35. The molecule has 2 rings (SSSR count). The summed E-state index contributed by atoms with van der Waals surface area (Å²) < 4.78 is 13.0. The second-order valence-corrected chi connectivity index (χ2v) is 4.23. The highest BCUT2D eigenvalue weighted by atomic mass is 19.1. The molecule has 94 valence electrons. The normalized spacial score (nSPS) is 10.5. The van der Waals surface area contributed by atoms with Gasteiger partial charge in [-0.2, -0.15) is 0 Å². The van der Waals surface area contributed by atoms with E-state index in [9.17, 15) is 9.50 Å². The van der Waals surface area contributed by atoms with Crippen LogP contribution >= 0.6 is 0 Å². The minimum absolute atomic E-state index is 0.0325. The summed E-state index contributed by atoms with van der Waals surface area (Å²) in [6.45, 7) is 1.37. The standard InChI is InChI=1S/C15H16FNO/c16-14-8-13(9-15(18)10-14)11-17-7-6-12-4-2-1-3-5-12/h1-5,8-10,17-18H,6-7,11H2. The van der Waals surface area contributed by atoms with E-state index in [0.717, 1.165) is 24.6 Å². The lowest BCUT2D eigenvalue weighted by Crippen LogP contribution is -2.16. The highest BCUT2D eigenvalue weighted by molar-refractivity contribution is 5.28. The van der Waals surface area contributed by atoms with Crippen molar-refractivity contribution < 1.29 is 9.50 Å². The Balaban J connectivity index is 1.78. The van der Waals surface area contributed by atoms with E-state index in [1.165, 1.54) is 11.6 Å². The number of phenols is 1. The predicted molar refractivity (Wildman–Crippen MR) is 69.9 cm³/mol. The summed E-state index contributed by atoms with van der Waals surface area (Å²) in [6, 6.07) is 14.3. The summed E-state index contributed by atoms with van der Waals surface area (Å²) in [4.78, 5) is 0. The molecule has 0 aliphatic rings. The van der Waals surface area contributed by atoms with Crippen molar-refractivity contribution in [2.45, 2.75) is 13.0 Å². The Labute approximate surface area is 106 Å². The van der Waals surface area contributed by atoms with Gasteiger partial charge in [-0.15, -0.1) is 0 Å². The Morgan fingerprint density at radius 1 is 1.00 bits per heavy atom. The van der Waals surface area contributed by atoms with Crippen molar-refractivity contribution in [3.8, 4) is 5.75 Å². The van der Waals surface area contributed by atoms with Gasteiger partial charge in [0.1, 0.15) is 11.6 Å². The van der Waals surface area contributed by atoms with Crippen molar-refractivity contribution in [3.63, 3.8) is 0 Å². The van der Waals surface area contributed by atoms with Crippen LogP contribution in [0, 0.1) is 5.82 Å². The maximum Gasteiger partial charge on any atom is 0.127 e. The maximum atomic E-state index is 13.0. The van der Waals surface area contributed by atoms with Crippen LogP contribution in [0.4, 0.5) is 4.39 Å². The monoisotopic (exact) mass is 245 g/mol. The minimum atomic E-state index is -0.408. The molecular weight excluding hydrogens is 229 g/mol. The Kier molecular flexibility index (Phi) is 4.31. The third kappa shape index (κ3) is 3.86. The lowest BCUT2D eigenvalue weighted by atomic mass is 10.1. The van der Waals surface area contributed by atoms with Crippen LogP contribution < -0.4 is 5.32 Å². The number of aromatic hydroxyl groups is 1.